The minimum absolute atomic E-state index is 0.0356. The van der Waals surface area contributed by atoms with Crippen molar-refractivity contribution in [3.63, 3.8) is 0 Å². The Balaban J connectivity index is 1.77. The third-order valence-corrected chi connectivity index (χ3v) is 5.75. The van der Waals surface area contributed by atoms with Crippen LogP contribution in [0.4, 0.5) is 20.2 Å². The summed E-state index contributed by atoms with van der Waals surface area (Å²) in [5, 5.41) is 16.6. The molecule has 1 atom stereocenters. The molecule has 0 aromatic heterocycles. The molecule has 2 aromatic carbocycles. The summed E-state index contributed by atoms with van der Waals surface area (Å²) in [6.07, 6.45) is 3.10. The summed E-state index contributed by atoms with van der Waals surface area (Å²) < 4.78 is 26.9. The Morgan fingerprint density at radius 3 is 2.21 bits per heavy atom. The molecule has 0 fully saturated rings. The second-order valence-corrected chi connectivity index (χ2v) is 8.13. The lowest BCUT2D eigenvalue weighted by Gasteiger charge is -2.41. The number of carbonyl (C=O) groups excluding carboxylic acids is 2. The molecule has 2 aliphatic rings. The maximum absolute atomic E-state index is 13.5. The SMILES string of the molecule is N=C(N)CCCC1(Nc2ccc(F)cc2)CC2=C(C=C1Nc1ccc(F)cc1)C(=O)NC2=O. The van der Waals surface area contributed by atoms with Crippen LogP contribution in [-0.2, 0) is 9.59 Å². The van der Waals surface area contributed by atoms with Crippen molar-refractivity contribution in [1.82, 2.24) is 5.32 Å². The fourth-order valence-corrected chi connectivity index (χ4v) is 4.14. The third kappa shape index (κ3) is 4.77. The smallest absolute Gasteiger partial charge is 0.258 e. The third-order valence-electron chi connectivity index (χ3n) is 5.75. The monoisotopic (exact) mass is 451 g/mol. The number of imide groups is 1. The second-order valence-electron chi connectivity index (χ2n) is 8.13. The van der Waals surface area contributed by atoms with Crippen molar-refractivity contribution in [3.05, 3.63) is 83.1 Å². The molecule has 0 saturated carbocycles. The van der Waals surface area contributed by atoms with E-state index in [9.17, 15) is 18.4 Å². The fraction of sp³-hybridized carbons (Fsp3) is 0.208. The molecule has 1 aliphatic carbocycles. The van der Waals surface area contributed by atoms with E-state index in [0.29, 0.717) is 41.9 Å². The Bertz CT molecular complexity index is 1170. The van der Waals surface area contributed by atoms with Gasteiger partial charge in [-0.15, -0.1) is 0 Å². The van der Waals surface area contributed by atoms with Crippen LogP contribution in [0.5, 0.6) is 0 Å². The molecule has 6 N–H and O–H groups in total. The number of hydrogen-bond acceptors (Lipinski definition) is 5. The van der Waals surface area contributed by atoms with E-state index < -0.39 is 17.4 Å². The van der Waals surface area contributed by atoms with Crippen LogP contribution in [0.15, 0.2) is 71.5 Å². The van der Waals surface area contributed by atoms with Crippen LogP contribution in [-0.4, -0.2) is 23.2 Å². The highest BCUT2D eigenvalue weighted by Gasteiger charge is 2.44. The summed E-state index contributed by atoms with van der Waals surface area (Å²) in [7, 11) is 0. The van der Waals surface area contributed by atoms with Gasteiger partial charge in [0.2, 0.25) is 0 Å². The van der Waals surface area contributed by atoms with Crippen LogP contribution in [0, 0.1) is 17.0 Å². The van der Waals surface area contributed by atoms with Gasteiger partial charge in [-0.2, -0.15) is 0 Å². The maximum atomic E-state index is 13.5. The number of rotatable bonds is 8. The van der Waals surface area contributed by atoms with E-state index >= 15 is 0 Å². The van der Waals surface area contributed by atoms with E-state index in [-0.39, 0.29) is 29.5 Å². The maximum Gasteiger partial charge on any atom is 0.258 e. The average Bonchev–Trinajstić information content (AvgIpc) is 3.04. The first-order valence-corrected chi connectivity index (χ1v) is 10.5. The Kier molecular flexibility index (Phi) is 5.95. The summed E-state index contributed by atoms with van der Waals surface area (Å²) in [6, 6.07) is 11.6. The van der Waals surface area contributed by atoms with Crippen molar-refractivity contribution < 1.29 is 18.4 Å². The molecule has 1 aliphatic heterocycles. The summed E-state index contributed by atoms with van der Waals surface area (Å²) >= 11 is 0. The Hall–Kier alpha value is -4.01. The molecule has 2 aromatic rings. The van der Waals surface area contributed by atoms with Crippen LogP contribution < -0.4 is 21.7 Å². The number of nitrogens with two attached hydrogens (primary N) is 1. The van der Waals surface area contributed by atoms with Gasteiger partial charge in [0.1, 0.15) is 11.6 Å². The average molecular weight is 451 g/mol. The fourth-order valence-electron chi connectivity index (χ4n) is 4.14. The van der Waals surface area contributed by atoms with Crippen LogP contribution in [0.25, 0.3) is 0 Å². The van der Waals surface area contributed by atoms with Gasteiger partial charge in [-0.3, -0.25) is 20.3 Å². The number of halogens is 2. The minimum atomic E-state index is -0.900. The largest absolute Gasteiger partial charge is 0.388 e. The lowest BCUT2D eigenvalue weighted by atomic mass is 9.77. The van der Waals surface area contributed by atoms with E-state index in [1.807, 2.05) is 0 Å². The van der Waals surface area contributed by atoms with Gasteiger partial charge in [-0.1, -0.05) is 0 Å². The molecule has 0 bridgehead atoms. The number of benzene rings is 2. The molecule has 170 valence electrons. The van der Waals surface area contributed by atoms with E-state index in [1.165, 1.54) is 24.3 Å². The van der Waals surface area contributed by atoms with Gasteiger partial charge in [-0.25, -0.2) is 8.78 Å². The highest BCUT2D eigenvalue weighted by molar-refractivity contribution is 6.21. The van der Waals surface area contributed by atoms with Gasteiger partial charge in [-0.05, 0) is 67.4 Å². The molecule has 1 unspecified atom stereocenters. The van der Waals surface area contributed by atoms with Gasteiger partial charge >= 0.3 is 0 Å². The van der Waals surface area contributed by atoms with Gasteiger partial charge < -0.3 is 16.4 Å². The van der Waals surface area contributed by atoms with Gasteiger partial charge in [0.15, 0.2) is 0 Å². The van der Waals surface area contributed by atoms with Crippen molar-refractivity contribution in [2.45, 2.75) is 31.2 Å². The number of carbonyl (C=O) groups is 2. The lowest BCUT2D eigenvalue weighted by molar-refractivity contribution is -0.124. The van der Waals surface area contributed by atoms with Gasteiger partial charge in [0.25, 0.3) is 11.8 Å². The van der Waals surface area contributed by atoms with Crippen molar-refractivity contribution >= 4 is 29.0 Å². The van der Waals surface area contributed by atoms with Crippen molar-refractivity contribution in [1.29, 1.82) is 5.41 Å². The lowest BCUT2D eigenvalue weighted by Crippen LogP contribution is -2.45. The Morgan fingerprint density at radius 2 is 1.61 bits per heavy atom. The van der Waals surface area contributed by atoms with E-state index in [1.54, 1.807) is 30.3 Å². The first-order valence-electron chi connectivity index (χ1n) is 10.5. The Morgan fingerprint density at radius 1 is 1.00 bits per heavy atom. The van der Waals surface area contributed by atoms with E-state index in [2.05, 4.69) is 16.0 Å². The highest BCUT2D eigenvalue weighted by Crippen LogP contribution is 2.41. The Labute approximate surface area is 189 Å². The van der Waals surface area contributed by atoms with Crippen molar-refractivity contribution in [2.75, 3.05) is 10.6 Å². The minimum Gasteiger partial charge on any atom is -0.388 e. The molecule has 1 heterocycles. The van der Waals surface area contributed by atoms with Crippen LogP contribution in [0.3, 0.4) is 0 Å². The topological polar surface area (TPSA) is 120 Å². The zero-order valence-electron chi connectivity index (χ0n) is 17.7. The summed E-state index contributed by atoms with van der Waals surface area (Å²) in [5.74, 6) is -1.67. The van der Waals surface area contributed by atoms with Crippen molar-refractivity contribution in [2.24, 2.45) is 5.73 Å². The van der Waals surface area contributed by atoms with Gasteiger partial charge in [0.05, 0.1) is 16.9 Å². The van der Waals surface area contributed by atoms with E-state index in [4.69, 9.17) is 11.1 Å². The normalized spacial score (nSPS) is 19.6. The first kappa shape index (κ1) is 22.2. The van der Waals surface area contributed by atoms with Crippen LogP contribution >= 0.6 is 0 Å². The second kappa shape index (κ2) is 8.85. The molecule has 9 heteroatoms. The molecular weight excluding hydrogens is 428 g/mol. The number of hydrogen-bond donors (Lipinski definition) is 5. The number of nitrogens with one attached hydrogen (secondary N) is 4. The number of amidine groups is 1. The zero-order chi connectivity index (χ0) is 23.6. The molecule has 2 amide bonds. The summed E-state index contributed by atoms with van der Waals surface area (Å²) in [6.45, 7) is 0. The number of amides is 2. The quantitative estimate of drug-likeness (QED) is 0.239. The number of anilines is 2. The van der Waals surface area contributed by atoms with E-state index in [0.717, 1.165) is 0 Å². The zero-order valence-corrected chi connectivity index (χ0v) is 17.7. The van der Waals surface area contributed by atoms with Gasteiger partial charge in [0, 0.05) is 35.5 Å². The molecule has 0 radical (unpaired) electrons. The predicted octanol–water partition coefficient (Wildman–Crippen LogP) is 3.57. The molecule has 0 saturated heterocycles. The molecule has 0 spiro atoms. The molecule has 4 rings (SSSR count). The summed E-state index contributed by atoms with van der Waals surface area (Å²) in [5.41, 5.74) is 7.07. The van der Waals surface area contributed by atoms with Crippen LogP contribution in [0.2, 0.25) is 0 Å². The predicted molar refractivity (Wildman–Crippen MR) is 121 cm³/mol. The van der Waals surface area contributed by atoms with Crippen molar-refractivity contribution in [3.8, 4) is 0 Å². The molecule has 33 heavy (non-hydrogen) atoms. The first-order chi connectivity index (χ1) is 15.8. The van der Waals surface area contributed by atoms with Crippen LogP contribution in [0.1, 0.15) is 25.7 Å². The highest BCUT2D eigenvalue weighted by atomic mass is 19.1. The molecule has 7 nitrogen and oxygen atoms in total. The summed E-state index contributed by atoms with van der Waals surface area (Å²) in [4.78, 5) is 24.8. The molecular formula is C24H23F2N5O2. The standard InChI is InChI=1S/C24H23F2N5O2/c25-14-3-7-16(8-4-14)29-20-12-18-19(23(33)30-22(18)32)13-24(20,11-1-2-21(27)28)31-17-9-5-15(26)6-10-17/h3-10,12,29,31H,1-2,11,13H2,(H3,27,28)(H,30,32,33).